The highest BCUT2D eigenvalue weighted by atomic mass is 16.1. The molecule has 0 atom stereocenters. The zero-order chi connectivity index (χ0) is 16.6. The summed E-state index contributed by atoms with van der Waals surface area (Å²) in [4.78, 5) is 20.8. The summed E-state index contributed by atoms with van der Waals surface area (Å²) in [6.07, 6.45) is 12.4. The van der Waals surface area contributed by atoms with E-state index in [4.69, 9.17) is 0 Å². The lowest BCUT2D eigenvalue weighted by atomic mass is 10.1. The highest BCUT2D eigenvalue weighted by Crippen LogP contribution is 2.18. The maximum atomic E-state index is 12.4. The Labute approximate surface area is 142 Å². The molecule has 0 radical (unpaired) electrons. The number of hydrogen-bond acceptors (Lipinski definition) is 4. The van der Waals surface area contributed by atoms with E-state index in [-0.39, 0.29) is 11.9 Å². The zero-order valence-corrected chi connectivity index (χ0v) is 13.9. The molecule has 2 aromatic heterocycles. The first kappa shape index (κ1) is 16.4. The molecule has 3 rings (SSSR count). The Morgan fingerprint density at radius 3 is 2.71 bits per heavy atom. The van der Waals surface area contributed by atoms with Crippen molar-refractivity contribution in [1.82, 2.24) is 15.3 Å². The van der Waals surface area contributed by atoms with E-state index in [1.54, 1.807) is 12.4 Å². The van der Waals surface area contributed by atoms with Crippen LogP contribution in [0, 0.1) is 0 Å². The van der Waals surface area contributed by atoms with Crippen LogP contribution < -0.4 is 10.6 Å². The van der Waals surface area contributed by atoms with Gasteiger partial charge in [-0.1, -0.05) is 31.7 Å². The molecule has 5 nitrogen and oxygen atoms in total. The molecule has 24 heavy (non-hydrogen) atoms. The summed E-state index contributed by atoms with van der Waals surface area (Å²) in [6, 6.07) is 7.89. The molecule has 0 bridgehead atoms. The maximum absolute atomic E-state index is 12.4. The minimum atomic E-state index is -0.0769. The summed E-state index contributed by atoms with van der Waals surface area (Å²) in [5.41, 5.74) is 2.45. The summed E-state index contributed by atoms with van der Waals surface area (Å²) < 4.78 is 0. The number of rotatable bonds is 5. The average molecular weight is 324 g/mol. The molecule has 1 amide bonds. The minimum absolute atomic E-state index is 0.0769. The van der Waals surface area contributed by atoms with Gasteiger partial charge in [0.1, 0.15) is 5.69 Å². The van der Waals surface area contributed by atoms with Crippen LogP contribution in [-0.2, 0) is 6.54 Å². The van der Waals surface area contributed by atoms with Crippen molar-refractivity contribution in [2.45, 2.75) is 51.1 Å². The molecule has 5 heteroatoms. The van der Waals surface area contributed by atoms with Crippen LogP contribution in [0.5, 0.6) is 0 Å². The number of anilines is 1. The smallest absolute Gasteiger partial charge is 0.270 e. The second kappa shape index (κ2) is 8.43. The van der Waals surface area contributed by atoms with Crippen molar-refractivity contribution in [2.24, 2.45) is 0 Å². The molecular weight excluding hydrogens is 300 g/mol. The molecule has 1 aliphatic rings. The molecule has 1 fully saturated rings. The maximum Gasteiger partial charge on any atom is 0.270 e. The van der Waals surface area contributed by atoms with Crippen LogP contribution in [0.2, 0.25) is 0 Å². The summed E-state index contributed by atoms with van der Waals surface area (Å²) in [6.45, 7) is 0.668. The van der Waals surface area contributed by atoms with Gasteiger partial charge in [-0.2, -0.15) is 0 Å². The fraction of sp³-hybridized carbons (Fsp3) is 0.421. The summed E-state index contributed by atoms with van der Waals surface area (Å²) >= 11 is 0. The standard InChI is InChI=1S/C19H24N4O/c24-19(23-16-7-3-1-2-4-8-16)18-12-17(9-11-21-18)22-14-15-6-5-10-20-13-15/h5-6,9-13,16H,1-4,7-8,14H2,(H,21,22)(H,23,24). The largest absolute Gasteiger partial charge is 0.381 e. The number of pyridine rings is 2. The minimum Gasteiger partial charge on any atom is -0.381 e. The summed E-state index contributed by atoms with van der Waals surface area (Å²) in [5, 5.41) is 6.45. The number of carbonyl (C=O) groups excluding carboxylic acids is 1. The van der Waals surface area contributed by atoms with Crippen LogP contribution >= 0.6 is 0 Å². The Bertz CT molecular complexity index is 651. The number of nitrogens with one attached hydrogen (secondary N) is 2. The highest BCUT2D eigenvalue weighted by molar-refractivity contribution is 5.93. The SMILES string of the molecule is O=C(NC1CCCCCC1)c1cc(NCc2cccnc2)ccn1. The monoisotopic (exact) mass is 324 g/mol. The number of carbonyl (C=O) groups is 1. The molecule has 2 N–H and O–H groups in total. The molecule has 0 spiro atoms. The van der Waals surface area contributed by atoms with E-state index in [2.05, 4.69) is 20.6 Å². The normalized spacial score (nSPS) is 15.5. The summed E-state index contributed by atoms with van der Waals surface area (Å²) in [5.74, 6) is -0.0769. The van der Waals surface area contributed by atoms with Gasteiger partial charge in [-0.3, -0.25) is 14.8 Å². The van der Waals surface area contributed by atoms with Crippen molar-refractivity contribution < 1.29 is 4.79 Å². The van der Waals surface area contributed by atoms with Gasteiger partial charge in [0.25, 0.3) is 5.91 Å². The Balaban J connectivity index is 1.58. The number of nitrogens with zero attached hydrogens (tertiary/aromatic N) is 2. The van der Waals surface area contributed by atoms with E-state index < -0.39 is 0 Å². The van der Waals surface area contributed by atoms with Crippen LogP contribution in [0.25, 0.3) is 0 Å². The topological polar surface area (TPSA) is 66.9 Å². The molecule has 0 aliphatic heterocycles. The third-order valence-corrected chi connectivity index (χ3v) is 4.40. The molecule has 0 saturated heterocycles. The lowest BCUT2D eigenvalue weighted by Gasteiger charge is -2.16. The first-order valence-electron chi connectivity index (χ1n) is 8.71. The number of hydrogen-bond donors (Lipinski definition) is 2. The Morgan fingerprint density at radius 1 is 1.12 bits per heavy atom. The van der Waals surface area contributed by atoms with E-state index in [1.165, 1.54) is 25.7 Å². The van der Waals surface area contributed by atoms with E-state index in [1.807, 2.05) is 30.5 Å². The second-order valence-corrected chi connectivity index (χ2v) is 6.31. The van der Waals surface area contributed by atoms with Crippen molar-refractivity contribution >= 4 is 11.6 Å². The molecule has 0 aromatic carbocycles. The van der Waals surface area contributed by atoms with Crippen LogP contribution in [-0.4, -0.2) is 21.9 Å². The van der Waals surface area contributed by atoms with Gasteiger partial charge in [-0.05, 0) is 36.6 Å². The summed E-state index contributed by atoms with van der Waals surface area (Å²) in [7, 11) is 0. The van der Waals surface area contributed by atoms with E-state index in [0.717, 1.165) is 24.1 Å². The second-order valence-electron chi connectivity index (χ2n) is 6.31. The van der Waals surface area contributed by atoms with Crippen molar-refractivity contribution in [2.75, 3.05) is 5.32 Å². The van der Waals surface area contributed by atoms with Gasteiger partial charge >= 0.3 is 0 Å². The van der Waals surface area contributed by atoms with Crippen LogP contribution in [0.15, 0.2) is 42.9 Å². The van der Waals surface area contributed by atoms with Crippen molar-refractivity contribution in [3.8, 4) is 0 Å². The predicted octanol–water partition coefficient (Wildman–Crippen LogP) is 3.54. The third kappa shape index (κ3) is 4.78. The van der Waals surface area contributed by atoms with Gasteiger partial charge in [0.2, 0.25) is 0 Å². The van der Waals surface area contributed by atoms with E-state index in [9.17, 15) is 4.79 Å². The van der Waals surface area contributed by atoms with Gasteiger partial charge in [0.05, 0.1) is 0 Å². The molecule has 2 aromatic rings. The highest BCUT2D eigenvalue weighted by Gasteiger charge is 2.16. The fourth-order valence-corrected chi connectivity index (χ4v) is 3.05. The lowest BCUT2D eigenvalue weighted by molar-refractivity contribution is 0.0928. The molecule has 126 valence electrons. The van der Waals surface area contributed by atoms with Crippen molar-refractivity contribution in [3.63, 3.8) is 0 Å². The Morgan fingerprint density at radius 2 is 1.96 bits per heavy atom. The van der Waals surface area contributed by atoms with Gasteiger partial charge in [-0.15, -0.1) is 0 Å². The van der Waals surface area contributed by atoms with Gasteiger partial charge in [0.15, 0.2) is 0 Å². The first-order valence-corrected chi connectivity index (χ1v) is 8.71. The predicted molar refractivity (Wildman–Crippen MR) is 94.8 cm³/mol. The Hall–Kier alpha value is -2.43. The third-order valence-electron chi connectivity index (χ3n) is 4.40. The number of amides is 1. The molecular formula is C19H24N4O. The fourth-order valence-electron chi connectivity index (χ4n) is 3.05. The van der Waals surface area contributed by atoms with Gasteiger partial charge in [0, 0.05) is 36.9 Å². The molecule has 1 saturated carbocycles. The lowest BCUT2D eigenvalue weighted by Crippen LogP contribution is -2.34. The Kier molecular flexibility index (Phi) is 5.77. The van der Waals surface area contributed by atoms with Crippen molar-refractivity contribution in [3.05, 3.63) is 54.1 Å². The van der Waals surface area contributed by atoms with E-state index in [0.29, 0.717) is 12.2 Å². The van der Waals surface area contributed by atoms with Gasteiger partial charge in [-0.25, -0.2) is 0 Å². The average Bonchev–Trinajstić information content (AvgIpc) is 2.90. The van der Waals surface area contributed by atoms with Crippen molar-refractivity contribution in [1.29, 1.82) is 0 Å². The van der Waals surface area contributed by atoms with Crippen LogP contribution in [0.1, 0.15) is 54.6 Å². The van der Waals surface area contributed by atoms with Crippen LogP contribution in [0.4, 0.5) is 5.69 Å². The van der Waals surface area contributed by atoms with Gasteiger partial charge < -0.3 is 10.6 Å². The quantitative estimate of drug-likeness (QED) is 0.826. The zero-order valence-electron chi connectivity index (χ0n) is 13.9. The van der Waals surface area contributed by atoms with E-state index >= 15 is 0 Å². The molecule has 1 aliphatic carbocycles. The molecule has 0 unspecified atom stereocenters. The molecule has 2 heterocycles. The van der Waals surface area contributed by atoms with Crippen LogP contribution in [0.3, 0.4) is 0 Å². The first-order chi connectivity index (χ1) is 11.8. The number of aromatic nitrogens is 2.